The van der Waals surface area contributed by atoms with Crippen molar-refractivity contribution in [3.63, 3.8) is 0 Å². The Bertz CT molecular complexity index is 1200. The highest BCUT2D eigenvalue weighted by Gasteiger charge is 2.58. The molecule has 1 fully saturated rings. The lowest BCUT2D eigenvalue weighted by molar-refractivity contribution is 0.251. The van der Waals surface area contributed by atoms with E-state index in [9.17, 15) is 13.2 Å². The first-order valence-electron chi connectivity index (χ1n) is 9.48. The molecule has 30 heavy (non-hydrogen) atoms. The number of rotatable bonds is 4. The molecule has 2 aliphatic rings. The molecule has 1 aliphatic carbocycles. The van der Waals surface area contributed by atoms with E-state index in [-0.39, 0.29) is 28.9 Å². The number of halogens is 4. The second kappa shape index (κ2) is 6.84. The van der Waals surface area contributed by atoms with Crippen LogP contribution < -0.4 is 11.1 Å². The van der Waals surface area contributed by atoms with E-state index in [0.717, 1.165) is 11.5 Å². The Kier molecular flexibility index (Phi) is 4.36. The number of nitrogens with zero attached hydrogens (tertiary/aromatic N) is 3. The van der Waals surface area contributed by atoms with E-state index in [1.54, 1.807) is 18.3 Å². The van der Waals surface area contributed by atoms with E-state index in [4.69, 9.17) is 17.3 Å². The summed E-state index contributed by atoms with van der Waals surface area (Å²) in [7, 11) is 0. The summed E-state index contributed by atoms with van der Waals surface area (Å²) in [6.45, 7) is -0.957. The highest BCUT2D eigenvalue weighted by atomic mass is 35.5. The fraction of sp³-hybridized carbons (Fsp3) is 0.286. The van der Waals surface area contributed by atoms with Crippen LogP contribution in [-0.2, 0) is 5.54 Å². The van der Waals surface area contributed by atoms with Crippen LogP contribution in [0.1, 0.15) is 18.4 Å². The van der Waals surface area contributed by atoms with Crippen molar-refractivity contribution < 1.29 is 13.2 Å². The molecule has 5 nitrogen and oxygen atoms in total. The molecule has 3 atom stereocenters. The first-order chi connectivity index (χ1) is 14.4. The summed E-state index contributed by atoms with van der Waals surface area (Å²) in [5, 5.41) is 4.16. The molecular formula is C21H17ClF3N5. The molecule has 1 saturated carbocycles. The van der Waals surface area contributed by atoms with Crippen molar-refractivity contribution in [3.8, 4) is 0 Å². The van der Waals surface area contributed by atoms with Gasteiger partial charge in [-0.3, -0.25) is 9.98 Å². The summed E-state index contributed by atoms with van der Waals surface area (Å²) < 4.78 is 43.6. The van der Waals surface area contributed by atoms with Gasteiger partial charge in [-0.1, -0.05) is 11.6 Å². The number of aliphatic imine (C=N–C) groups is 1. The lowest BCUT2D eigenvalue weighted by Crippen LogP contribution is -2.37. The van der Waals surface area contributed by atoms with Gasteiger partial charge in [0.15, 0.2) is 17.5 Å². The SMILES string of the molecule is NC1=N[C@@](CF)(c2cc(Nc3nccc4cc(Cl)cnc34)cc(F)c2F)[C@@H]2C[C@@H]2C1. The Morgan fingerprint density at radius 1 is 1.23 bits per heavy atom. The van der Waals surface area contributed by atoms with Gasteiger partial charge in [-0.2, -0.15) is 0 Å². The number of amidine groups is 1. The van der Waals surface area contributed by atoms with Crippen molar-refractivity contribution in [1.82, 2.24) is 9.97 Å². The van der Waals surface area contributed by atoms with Gasteiger partial charge >= 0.3 is 0 Å². The number of benzene rings is 1. The summed E-state index contributed by atoms with van der Waals surface area (Å²) in [5.41, 5.74) is 4.96. The van der Waals surface area contributed by atoms with Crippen molar-refractivity contribution in [2.75, 3.05) is 12.0 Å². The Labute approximate surface area is 175 Å². The zero-order valence-electron chi connectivity index (χ0n) is 15.7. The number of alkyl halides is 1. The molecule has 0 spiro atoms. The quantitative estimate of drug-likeness (QED) is 0.618. The Balaban J connectivity index is 1.61. The zero-order chi connectivity index (χ0) is 21.0. The van der Waals surface area contributed by atoms with Crippen LogP contribution in [0.15, 0.2) is 41.7 Å². The number of pyridine rings is 2. The third-order valence-corrected chi connectivity index (χ3v) is 6.08. The molecule has 1 aliphatic heterocycles. The van der Waals surface area contributed by atoms with Gasteiger partial charge in [0.25, 0.3) is 0 Å². The maximum absolute atomic E-state index is 14.8. The van der Waals surface area contributed by atoms with Crippen LogP contribution in [0.2, 0.25) is 5.02 Å². The van der Waals surface area contributed by atoms with Gasteiger partial charge in [0, 0.05) is 41.5 Å². The number of nitrogens with one attached hydrogen (secondary N) is 1. The van der Waals surface area contributed by atoms with Gasteiger partial charge in [-0.15, -0.1) is 0 Å². The van der Waals surface area contributed by atoms with E-state index in [1.165, 1.54) is 12.3 Å². The van der Waals surface area contributed by atoms with Crippen molar-refractivity contribution in [3.05, 3.63) is 58.9 Å². The highest BCUT2D eigenvalue weighted by molar-refractivity contribution is 6.31. The number of hydrogen-bond acceptors (Lipinski definition) is 5. The van der Waals surface area contributed by atoms with Crippen molar-refractivity contribution in [2.45, 2.75) is 18.4 Å². The van der Waals surface area contributed by atoms with E-state index in [0.29, 0.717) is 29.2 Å². The van der Waals surface area contributed by atoms with Crippen LogP contribution in [0.4, 0.5) is 24.7 Å². The number of fused-ring (bicyclic) bond motifs is 2. The van der Waals surface area contributed by atoms with Crippen LogP contribution in [0.25, 0.3) is 10.9 Å². The number of aromatic nitrogens is 2. The molecule has 3 aromatic rings. The van der Waals surface area contributed by atoms with E-state index in [2.05, 4.69) is 20.3 Å². The fourth-order valence-electron chi connectivity index (χ4n) is 4.41. The maximum Gasteiger partial charge on any atom is 0.164 e. The summed E-state index contributed by atoms with van der Waals surface area (Å²) in [4.78, 5) is 12.8. The smallest absolute Gasteiger partial charge is 0.164 e. The Morgan fingerprint density at radius 3 is 2.87 bits per heavy atom. The molecule has 3 heterocycles. The lowest BCUT2D eigenvalue weighted by atomic mass is 9.82. The minimum atomic E-state index is -1.51. The van der Waals surface area contributed by atoms with Gasteiger partial charge < -0.3 is 11.1 Å². The van der Waals surface area contributed by atoms with Crippen LogP contribution in [0.5, 0.6) is 0 Å². The summed E-state index contributed by atoms with van der Waals surface area (Å²) >= 11 is 5.98. The van der Waals surface area contributed by atoms with Gasteiger partial charge in [0.05, 0.1) is 10.9 Å². The molecule has 0 bridgehead atoms. The second-order valence-electron chi connectivity index (χ2n) is 7.80. The third kappa shape index (κ3) is 2.98. The normalized spacial score (nSPS) is 25.0. The number of nitrogens with two attached hydrogens (primary N) is 1. The fourth-order valence-corrected chi connectivity index (χ4v) is 4.58. The molecule has 1 aromatic carbocycles. The Morgan fingerprint density at radius 2 is 2.07 bits per heavy atom. The lowest BCUT2D eigenvalue weighted by Gasteiger charge is -2.32. The maximum atomic E-state index is 14.8. The third-order valence-electron chi connectivity index (χ3n) is 5.88. The van der Waals surface area contributed by atoms with Crippen LogP contribution >= 0.6 is 11.6 Å². The molecule has 2 aromatic heterocycles. The largest absolute Gasteiger partial charge is 0.387 e. The highest BCUT2D eigenvalue weighted by Crippen LogP contribution is 2.58. The monoisotopic (exact) mass is 431 g/mol. The molecule has 3 N–H and O–H groups in total. The molecule has 0 saturated heterocycles. The zero-order valence-corrected chi connectivity index (χ0v) is 16.4. The van der Waals surface area contributed by atoms with E-state index >= 15 is 0 Å². The van der Waals surface area contributed by atoms with Gasteiger partial charge in [0.1, 0.15) is 17.7 Å². The molecule has 9 heteroatoms. The van der Waals surface area contributed by atoms with Crippen molar-refractivity contribution in [1.29, 1.82) is 0 Å². The standard InChI is InChI=1S/C21H17ClF3N5/c22-12-3-10-1-2-27-20(19(10)28-8-12)29-13-6-15(18(25)16(24)7-13)21(9-23)14-4-11(14)5-17(26)30-21/h1-3,6-8,11,14H,4-5,9H2,(H2,26,30)(H,27,29)/t11-,14-,21-/m1/s1. The predicted octanol–water partition coefficient (Wildman–Crippen LogP) is 4.87. The first kappa shape index (κ1) is 19.1. The van der Waals surface area contributed by atoms with Crippen LogP contribution in [-0.4, -0.2) is 22.5 Å². The average molecular weight is 432 g/mol. The molecular weight excluding hydrogens is 415 g/mol. The molecule has 0 unspecified atom stereocenters. The van der Waals surface area contributed by atoms with Gasteiger partial charge in [0.2, 0.25) is 0 Å². The molecule has 5 rings (SSSR count). The van der Waals surface area contributed by atoms with Crippen LogP contribution in [0, 0.1) is 23.5 Å². The topological polar surface area (TPSA) is 76.2 Å². The predicted molar refractivity (Wildman–Crippen MR) is 110 cm³/mol. The van der Waals surface area contributed by atoms with Crippen LogP contribution in [0.3, 0.4) is 0 Å². The Hall–Kier alpha value is -2.87. The minimum Gasteiger partial charge on any atom is -0.387 e. The van der Waals surface area contributed by atoms with E-state index < -0.39 is 23.8 Å². The first-order valence-corrected chi connectivity index (χ1v) is 9.86. The summed E-state index contributed by atoms with van der Waals surface area (Å²) in [6, 6.07) is 5.84. The number of hydrogen-bond donors (Lipinski definition) is 2. The van der Waals surface area contributed by atoms with Crippen molar-refractivity contribution >= 4 is 39.8 Å². The van der Waals surface area contributed by atoms with Gasteiger partial charge in [-0.25, -0.2) is 18.2 Å². The summed E-state index contributed by atoms with van der Waals surface area (Å²) in [6.07, 6.45) is 4.26. The molecule has 0 amide bonds. The second-order valence-corrected chi connectivity index (χ2v) is 8.23. The van der Waals surface area contributed by atoms with Gasteiger partial charge in [-0.05, 0) is 36.5 Å². The number of anilines is 2. The minimum absolute atomic E-state index is 0.140. The summed E-state index contributed by atoms with van der Waals surface area (Å²) in [5.74, 6) is -1.66. The average Bonchev–Trinajstić information content (AvgIpc) is 3.49. The van der Waals surface area contributed by atoms with Crippen molar-refractivity contribution in [2.24, 2.45) is 22.6 Å². The molecule has 154 valence electrons. The molecule has 0 radical (unpaired) electrons. The van der Waals surface area contributed by atoms with E-state index in [1.807, 2.05) is 0 Å².